The summed E-state index contributed by atoms with van der Waals surface area (Å²) in [5, 5.41) is 8.87. The molecule has 1 aromatic carbocycles. The smallest absolute Gasteiger partial charge is 0.387 e. The third-order valence-corrected chi connectivity index (χ3v) is 3.34. The van der Waals surface area contributed by atoms with Gasteiger partial charge in [-0.05, 0) is 24.1 Å². The Morgan fingerprint density at radius 1 is 1.39 bits per heavy atom. The quantitative estimate of drug-likeness (QED) is 0.807. The molecule has 0 aliphatic carbocycles. The molecule has 0 aliphatic rings. The molecule has 0 bridgehead atoms. The Labute approximate surface area is 135 Å². The minimum absolute atomic E-state index is 0.0262. The van der Waals surface area contributed by atoms with E-state index in [9.17, 15) is 13.6 Å². The zero-order chi connectivity index (χ0) is 16.8. The number of ether oxygens (including phenoxy) is 2. The number of hydrogen-bond acceptors (Lipinski definition) is 5. The SMILES string of the molecule is COc1cc(CCNc2cn[nH]c(=O)c2Cl)ccc1OC(F)F. The van der Waals surface area contributed by atoms with E-state index in [1.165, 1.54) is 19.4 Å². The first-order chi connectivity index (χ1) is 11.0. The molecule has 0 radical (unpaired) electrons. The fourth-order valence-corrected chi connectivity index (χ4v) is 2.07. The molecule has 0 saturated carbocycles. The van der Waals surface area contributed by atoms with Gasteiger partial charge in [-0.3, -0.25) is 4.79 Å². The van der Waals surface area contributed by atoms with Crippen LogP contribution in [0.25, 0.3) is 0 Å². The van der Waals surface area contributed by atoms with Crippen LogP contribution in [-0.4, -0.2) is 30.5 Å². The topological polar surface area (TPSA) is 76.2 Å². The highest BCUT2D eigenvalue weighted by molar-refractivity contribution is 6.32. The first-order valence-electron chi connectivity index (χ1n) is 6.60. The van der Waals surface area contributed by atoms with E-state index in [0.29, 0.717) is 18.7 Å². The molecule has 23 heavy (non-hydrogen) atoms. The second-order valence-electron chi connectivity index (χ2n) is 4.47. The van der Waals surface area contributed by atoms with Crippen LogP contribution < -0.4 is 20.3 Å². The number of alkyl halides is 2. The van der Waals surface area contributed by atoms with Gasteiger partial charge in [0.2, 0.25) is 0 Å². The van der Waals surface area contributed by atoms with Crippen LogP contribution in [0.4, 0.5) is 14.5 Å². The van der Waals surface area contributed by atoms with Gasteiger partial charge in [-0.25, -0.2) is 5.10 Å². The van der Waals surface area contributed by atoms with Crippen LogP contribution in [0.1, 0.15) is 5.56 Å². The summed E-state index contributed by atoms with van der Waals surface area (Å²) < 4.78 is 33.9. The van der Waals surface area contributed by atoms with Crippen LogP contribution in [0.15, 0.2) is 29.2 Å². The van der Waals surface area contributed by atoms with Crippen molar-refractivity contribution in [3.8, 4) is 11.5 Å². The Hall–Kier alpha value is -2.35. The minimum Gasteiger partial charge on any atom is -0.493 e. The molecular weight excluding hydrogens is 332 g/mol. The van der Waals surface area contributed by atoms with Gasteiger partial charge in [0.05, 0.1) is 19.0 Å². The standard InChI is InChI=1S/C14H14ClF2N3O3/c1-22-11-6-8(2-3-10(11)23-14(16)17)4-5-18-9-7-19-20-13(21)12(9)15/h2-3,6-7,14H,4-5H2,1H3,(H2,18,20,21). The molecule has 0 spiro atoms. The molecule has 6 nitrogen and oxygen atoms in total. The summed E-state index contributed by atoms with van der Waals surface area (Å²) in [5.74, 6) is 0.194. The van der Waals surface area contributed by atoms with Crippen molar-refractivity contribution in [3.05, 3.63) is 45.3 Å². The largest absolute Gasteiger partial charge is 0.493 e. The maximum atomic E-state index is 12.3. The lowest BCUT2D eigenvalue weighted by Gasteiger charge is -2.12. The molecule has 0 unspecified atom stereocenters. The predicted molar refractivity (Wildman–Crippen MR) is 81.7 cm³/mol. The van der Waals surface area contributed by atoms with E-state index in [0.717, 1.165) is 5.56 Å². The molecule has 2 rings (SSSR count). The van der Waals surface area contributed by atoms with Crippen LogP contribution in [0.3, 0.4) is 0 Å². The van der Waals surface area contributed by atoms with Crippen LogP contribution in [0, 0.1) is 0 Å². The van der Waals surface area contributed by atoms with Gasteiger partial charge in [0.15, 0.2) is 11.5 Å². The first-order valence-corrected chi connectivity index (χ1v) is 6.98. The average Bonchev–Trinajstić information content (AvgIpc) is 2.52. The number of methoxy groups -OCH3 is 1. The number of benzene rings is 1. The molecule has 0 atom stereocenters. The van der Waals surface area contributed by atoms with Gasteiger partial charge in [0, 0.05) is 6.54 Å². The molecule has 9 heteroatoms. The number of nitrogens with zero attached hydrogens (tertiary/aromatic N) is 1. The van der Waals surface area contributed by atoms with Gasteiger partial charge in [0.25, 0.3) is 5.56 Å². The summed E-state index contributed by atoms with van der Waals surface area (Å²) in [6.07, 6.45) is 1.96. The maximum absolute atomic E-state index is 12.3. The fourth-order valence-electron chi connectivity index (χ4n) is 1.91. The minimum atomic E-state index is -2.91. The van der Waals surface area contributed by atoms with Crippen molar-refractivity contribution < 1.29 is 18.3 Å². The van der Waals surface area contributed by atoms with Crippen molar-refractivity contribution in [1.82, 2.24) is 10.2 Å². The third kappa shape index (κ3) is 4.56. The lowest BCUT2D eigenvalue weighted by Crippen LogP contribution is -2.13. The molecule has 0 amide bonds. The highest BCUT2D eigenvalue weighted by atomic mass is 35.5. The summed E-state index contributed by atoms with van der Waals surface area (Å²) >= 11 is 5.84. The summed E-state index contributed by atoms with van der Waals surface area (Å²) in [7, 11) is 1.37. The Kier molecular flexibility index (Phi) is 5.75. The Morgan fingerprint density at radius 2 is 2.17 bits per heavy atom. The molecule has 2 N–H and O–H groups in total. The third-order valence-electron chi connectivity index (χ3n) is 2.97. The van der Waals surface area contributed by atoms with E-state index < -0.39 is 12.2 Å². The van der Waals surface area contributed by atoms with Crippen molar-refractivity contribution in [2.75, 3.05) is 19.0 Å². The van der Waals surface area contributed by atoms with Crippen LogP contribution in [-0.2, 0) is 6.42 Å². The van der Waals surface area contributed by atoms with E-state index in [4.69, 9.17) is 16.3 Å². The monoisotopic (exact) mass is 345 g/mol. The van der Waals surface area contributed by atoms with Crippen LogP contribution in [0.2, 0.25) is 5.02 Å². The summed E-state index contributed by atoms with van der Waals surface area (Å²) in [6.45, 7) is -2.45. The molecule has 0 saturated heterocycles. The second kappa shape index (κ2) is 7.77. The number of nitrogens with one attached hydrogen (secondary N) is 2. The van der Waals surface area contributed by atoms with Crippen molar-refractivity contribution in [3.63, 3.8) is 0 Å². The number of H-pyrrole nitrogens is 1. The summed E-state index contributed by atoms with van der Waals surface area (Å²) in [4.78, 5) is 11.3. The Morgan fingerprint density at radius 3 is 2.87 bits per heavy atom. The van der Waals surface area contributed by atoms with Gasteiger partial charge >= 0.3 is 6.61 Å². The van der Waals surface area contributed by atoms with Gasteiger partial charge in [-0.1, -0.05) is 17.7 Å². The van der Waals surface area contributed by atoms with Crippen molar-refractivity contribution >= 4 is 17.3 Å². The lowest BCUT2D eigenvalue weighted by atomic mass is 10.1. The van der Waals surface area contributed by atoms with E-state index >= 15 is 0 Å². The molecule has 0 aliphatic heterocycles. The lowest BCUT2D eigenvalue weighted by molar-refractivity contribution is -0.0512. The van der Waals surface area contributed by atoms with E-state index in [2.05, 4.69) is 20.3 Å². The van der Waals surface area contributed by atoms with E-state index in [1.54, 1.807) is 12.1 Å². The van der Waals surface area contributed by atoms with E-state index in [1.807, 2.05) is 0 Å². The number of halogens is 3. The fraction of sp³-hybridized carbons (Fsp3) is 0.286. The number of hydrogen-bond donors (Lipinski definition) is 2. The van der Waals surface area contributed by atoms with Gasteiger partial charge in [-0.2, -0.15) is 13.9 Å². The average molecular weight is 346 g/mol. The number of aromatic amines is 1. The summed E-state index contributed by atoms with van der Waals surface area (Å²) in [6, 6.07) is 4.68. The number of rotatable bonds is 7. The molecule has 1 aromatic heterocycles. The van der Waals surface area contributed by atoms with E-state index in [-0.39, 0.29) is 16.5 Å². The van der Waals surface area contributed by atoms with Crippen molar-refractivity contribution in [1.29, 1.82) is 0 Å². The predicted octanol–water partition coefficient (Wildman–Crippen LogP) is 2.69. The van der Waals surface area contributed by atoms with Crippen molar-refractivity contribution in [2.24, 2.45) is 0 Å². The molecular formula is C14H14ClF2N3O3. The first kappa shape index (κ1) is 17.0. The number of anilines is 1. The molecule has 124 valence electrons. The van der Waals surface area contributed by atoms with Crippen molar-refractivity contribution in [2.45, 2.75) is 13.0 Å². The maximum Gasteiger partial charge on any atom is 0.387 e. The zero-order valence-electron chi connectivity index (χ0n) is 12.1. The van der Waals surface area contributed by atoms with Crippen LogP contribution in [0.5, 0.6) is 11.5 Å². The Bertz CT molecular complexity index is 725. The van der Waals surface area contributed by atoms with Gasteiger partial charge < -0.3 is 14.8 Å². The van der Waals surface area contributed by atoms with Gasteiger partial charge in [-0.15, -0.1) is 0 Å². The molecule has 2 aromatic rings. The second-order valence-corrected chi connectivity index (χ2v) is 4.85. The highest BCUT2D eigenvalue weighted by Gasteiger charge is 2.11. The zero-order valence-corrected chi connectivity index (χ0v) is 12.9. The Balaban J connectivity index is 2.00. The molecule has 1 heterocycles. The number of aromatic nitrogens is 2. The van der Waals surface area contributed by atoms with Gasteiger partial charge in [0.1, 0.15) is 5.02 Å². The molecule has 0 fully saturated rings. The normalized spacial score (nSPS) is 10.7. The van der Waals surface area contributed by atoms with Crippen LogP contribution >= 0.6 is 11.6 Å². The highest BCUT2D eigenvalue weighted by Crippen LogP contribution is 2.29. The summed E-state index contributed by atoms with van der Waals surface area (Å²) in [5.41, 5.74) is 0.775.